The molecule has 1 amide bonds. The van der Waals surface area contributed by atoms with Gasteiger partial charge in [-0.2, -0.15) is 0 Å². The lowest BCUT2D eigenvalue weighted by Gasteiger charge is -2.08. The van der Waals surface area contributed by atoms with Gasteiger partial charge in [-0.1, -0.05) is 28.1 Å². The minimum Gasteiger partial charge on any atom is -0.384 e. The van der Waals surface area contributed by atoms with Crippen LogP contribution in [0.25, 0.3) is 27.9 Å². The van der Waals surface area contributed by atoms with E-state index in [2.05, 4.69) is 21.2 Å². The topological polar surface area (TPSA) is 95.1 Å². The molecule has 0 radical (unpaired) electrons. The quantitative estimate of drug-likeness (QED) is 0.399. The number of carbonyl (C=O) groups is 1. The predicted molar refractivity (Wildman–Crippen MR) is 122 cm³/mol. The largest absolute Gasteiger partial charge is 0.384 e. The van der Waals surface area contributed by atoms with Crippen molar-refractivity contribution in [3.05, 3.63) is 58.6 Å². The third kappa shape index (κ3) is 3.88. The van der Waals surface area contributed by atoms with Gasteiger partial charge in [0.15, 0.2) is 5.65 Å². The molecule has 0 aliphatic heterocycles. The van der Waals surface area contributed by atoms with Crippen molar-refractivity contribution in [2.75, 3.05) is 25.5 Å². The van der Waals surface area contributed by atoms with Crippen molar-refractivity contribution in [1.29, 1.82) is 0 Å². The van der Waals surface area contributed by atoms with Crippen LogP contribution >= 0.6 is 15.9 Å². The highest BCUT2D eigenvalue weighted by molar-refractivity contribution is 9.10. The minimum atomic E-state index is -0.269. The number of nitrogens with zero attached hydrogens (tertiary/aromatic N) is 3. The highest BCUT2D eigenvalue weighted by atomic mass is 79.9. The number of halogens is 1. The fraction of sp³-hybridized carbons (Fsp3) is 0.227. The van der Waals surface area contributed by atoms with Gasteiger partial charge in [-0.15, -0.1) is 0 Å². The summed E-state index contributed by atoms with van der Waals surface area (Å²) in [6, 6.07) is 15.2. The third-order valence-corrected chi connectivity index (χ3v) is 5.29. The summed E-state index contributed by atoms with van der Waals surface area (Å²) in [4.78, 5) is 22.5. The van der Waals surface area contributed by atoms with E-state index in [0.29, 0.717) is 47.8 Å². The Morgan fingerprint density at radius 2 is 1.83 bits per heavy atom. The molecule has 0 saturated carbocycles. The lowest BCUT2D eigenvalue weighted by atomic mass is 10.2. The Kier molecular flexibility index (Phi) is 5.96. The molecule has 0 saturated heterocycles. The standard InChI is InChI=1S/C22H22BrN5O2/c1-2-30-13-5-12-25-22(29)18-19-21(27-17-7-4-3-6-16(17)26-19)28(20(18)24)15-10-8-14(23)9-11-15/h3-4,6-11H,2,5,12-13,24H2,1H3,(H,25,29). The van der Waals surface area contributed by atoms with Gasteiger partial charge in [0.2, 0.25) is 0 Å². The molecule has 0 fully saturated rings. The number of nitrogens with two attached hydrogens (primary N) is 1. The molecule has 0 atom stereocenters. The van der Waals surface area contributed by atoms with Gasteiger partial charge < -0.3 is 15.8 Å². The maximum Gasteiger partial charge on any atom is 0.257 e. The van der Waals surface area contributed by atoms with E-state index in [1.54, 1.807) is 4.57 Å². The zero-order valence-corrected chi connectivity index (χ0v) is 18.1. The van der Waals surface area contributed by atoms with Crippen LogP contribution in [0.5, 0.6) is 0 Å². The molecule has 0 aliphatic rings. The van der Waals surface area contributed by atoms with Crippen molar-refractivity contribution in [2.45, 2.75) is 13.3 Å². The zero-order chi connectivity index (χ0) is 21.1. The zero-order valence-electron chi connectivity index (χ0n) is 16.6. The van der Waals surface area contributed by atoms with E-state index >= 15 is 0 Å². The molecule has 0 aliphatic carbocycles. The molecule has 2 aromatic carbocycles. The number of hydrogen-bond donors (Lipinski definition) is 2. The number of nitrogen functional groups attached to an aromatic ring is 1. The third-order valence-electron chi connectivity index (χ3n) is 4.76. The van der Waals surface area contributed by atoms with E-state index in [9.17, 15) is 4.79 Å². The van der Waals surface area contributed by atoms with Crippen molar-refractivity contribution in [3.63, 3.8) is 0 Å². The molecular formula is C22H22BrN5O2. The molecule has 2 heterocycles. The molecule has 154 valence electrons. The smallest absolute Gasteiger partial charge is 0.257 e. The van der Waals surface area contributed by atoms with E-state index in [1.165, 1.54) is 0 Å². The van der Waals surface area contributed by atoms with Gasteiger partial charge in [0.1, 0.15) is 16.9 Å². The van der Waals surface area contributed by atoms with E-state index in [-0.39, 0.29) is 5.91 Å². The lowest BCUT2D eigenvalue weighted by molar-refractivity contribution is 0.0946. The molecule has 0 bridgehead atoms. The molecule has 0 spiro atoms. The van der Waals surface area contributed by atoms with E-state index in [4.69, 9.17) is 20.4 Å². The summed E-state index contributed by atoms with van der Waals surface area (Å²) in [5.41, 5.74) is 10.1. The van der Waals surface area contributed by atoms with Crippen LogP contribution in [-0.2, 0) is 4.74 Å². The summed E-state index contributed by atoms with van der Waals surface area (Å²) in [6.07, 6.45) is 0.722. The number of carbonyl (C=O) groups excluding carboxylic acids is 1. The number of benzene rings is 2. The average Bonchev–Trinajstić information content (AvgIpc) is 3.03. The van der Waals surface area contributed by atoms with Crippen LogP contribution < -0.4 is 11.1 Å². The first-order chi connectivity index (χ1) is 14.6. The van der Waals surface area contributed by atoms with Crippen molar-refractivity contribution in [2.24, 2.45) is 0 Å². The number of nitrogens with one attached hydrogen (secondary N) is 1. The Hall–Kier alpha value is -2.97. The first-order valence-corrected chi connectivity index (χ1v) is 10.6. The molecule has 4 rings (SSSR count). The van der Waals surface area contributed by atoms with Crippen LogP contribution in [0.15, 0.2) is 53.0 Å². The second kappa shape index (κ2) is 8.81. The SMILES string of the molecule is CCOCCCNC(=O)c1c(N)n(-c2ccc(Br)cc2)c2nc3ccccc3nc12. The maximum atomic E-state index is 13.0. The molecular weight excluding hydrogens is 446 g/mol. The fourth-order valence-corrected chi connectivity index (χ4v) is 3.61. The van der Waals surface area contributed by atoms with E-state index in [1.807, 2.05) is 55.5 Å². The fourth-order valence-electron chi connectivity index (χ4n) is 3.35. The number of aromatic nitrogens is 3. The molecule has 30 heavy (non-hydrogen) atoms. The predicted octanol–water partition coefficient (Wildman–Crippen LogP) is 4.07. The highest BCUT2D eigenvalue weighted by Gasteiger charge is 2.24. The van der Waals surface area contributed by atoms with Crippen LogP contribution in [-0.4, -0.2) is 40.2 Å². The van der Waals surface area contributed by atoms with Crippen LogP contribution in [0.4, 0.5) is 5.82 Å². The van der Waals surface area contributed by atoms with Crippen LogP contribution in [0, 0.1) is 0 Å². The first kappa shape index (κ1) is 20.3. The Balaban J connectivity index is 1.82. The Bertz CT molecular complexity index is 1200. The van der Waals surface area contributed by atoms with Gasteiger partial charge in [-0.3, -0.25) is 9.36 Å². The van der Waals surface area contributed by atoms with Gasteiger partial charge in [0, 0.05) is 29.9 Å². The number of amides is 1. The van der Waals surface area contributed by atoms with Crippen molar-refractivity contribution in [1.82, 2.24) is 19.9 Å². The monoisotopic (exact) mass is 467 g/mol. The number of hydrogen-bond acceptors (Lipinski definition) is 5. The van der Waals surface area contributed by atoms with E-state index in [0.717, 1.165) is 22.1 Å². The van der Waals surface area contributed by atoms with Gasteiger partial charge in [0.05, 0.1) is 11.0 Å². The maximum absolute atomic E-state index is 13.0. The number of anilines is 1. The average molecular weight is 468 g/mol. The second-order valence-electron chi connectivity index (χ2n) is 6.76. The lowest BCUT2D eigenvalue weighted by Crippen LogP contribution is -2.26. The Morgan fingerprint density at radius 3 is 2.53 bits per heavy atom. The van der Waals surface area contributed by atoms with Crippen LogP contribution in [0.3, 0.4) is 0 Å². The van der Waals surface area contributed by atoms with Gasteiger partial charge in [-0.25, -0.2) is 9.97 Å². The summed E-state index contributed by atoms with van der Waals surface area (Å²) in [6.45, 7) is 3.69. The summed E-state index contributed by atoms with van der Waals surface area (Å²) >= 11 is 3.45. The summed E-state index contributed by atoms with van der Waals surface area (Å²) in [7, 11) is 0. The Morgan fingerprint density at radius 1 is 1.13 bits per heavy atom. The number of rotatable bonds is 7. The molecule has 4 aromatic rings. The highest BCUT2D eigenvalue weighted by Crippen LogP contribution is 2.31. The van der Waals surface area contributed by atoms with Gasteiger partial charge in [0.25, 0.3) is 5.91 Å². The van der Waals surface area contributed by atoms with Crippen molar-refractivity contribution >= 4 is 49.9 Å². The number of fused-ring (bicyclic) bond motifs is 2. The normalized spacial score (nSPS) is 11.3. The van der Waals surface area contributed by atoms with Crippen molar-refractivity contribution < 1.29 is 9.53 Å². The van der Waals surface area contributed by atoms with Gasteiger partial charge in [-0.05, 0) is 49.7 Å². The molecule has 7 nitrogen and oxygen atoms in total. The molecule has 0 unspecified atom stereocenters. The van der Waals surface area contributed by atoms with Gasteiger partial charge >= 0.3 is 0 Å². The van der Waals surface area contributed by atoms with Crippen LogP contribution in [0.1, 0.15) is 23.7 Å². The minimum absolute atomic E-state index is 0.269. The summed E-state index contributed by atoms with van der Waals surface area (Å²) in [5.74, 6) is 0.0411. The Labute approximate surface area is 182 Å². The molecule has 3 N–H and O–H groups in total. The number of ether oxygens (including phenoxy) is 1. The molecule has 8 heteroatoms. The summed E-state index contributed by atoms with van der Waals surface area (Å²) < 4.78 is 8.05. The summed E-state index contributed by atoms with van der Waals surface area (Å²) in [5, 5.41) is 2.93. The second-order valence-corrected chi connectivity index (χ2v) is 7.68. The van der Waals surface area contributed by atoms with E-state index < -0.39 is 0 Å². The molecule has 2 aromatic heterocycles. The van der Waals surface area contributed by atoms with Crippen molar-refractivity contribution in [3.8, 4) is 5.69 Å². The first-order valence-electron chi connectivity index (χ1n) is 9.78. The number of para-hydroxylation sites is 2. The van der Waals surface area contributed by atoms with Crippen LogP contribution in [0.2, 0.25) is 0 Å².